The van der Waals surface area contributed by atoms with Crippen LogP contribution >= 0.6 is 7.26 Å². The molecule has 0 amide bonds. The Balaban J connectivity index is 2.08. The van der Waals surface area contributed by atoms with Gasteiger partial charge in [0.1, 0.15) is 0 Å². The van der Waals surface area contributed by atoms with Crippen LogP contribution in [0, 0.1) is 0 Å². The van der Waals surface area contributed by atoms with E-state index >= 15 is 0 Å². The predicted molar refractivity (Wildman–Crippen MR) is 124 cm³/mol. The van der Waals surface area contributed by atoms with Gasteiger partial charge in [-0.3, -0.25) is 0 Å². The Labute approximate surface area is 169 Å². The fourth-order valence-corrected chi connectivity index (χ4v) is 9.89. The van der Waals surface area contributed by atoms with Crippen molar-refractivity contribution in [3.05, 3.63) is 102 Å². The summed E-state index contributed by atoms with van der Waals surface area (Å²) >= 11 is 0. The van der Waals surface area contributed by atoms with Gasteiger partial charge in [0.2, 0.25) is 0 Å². The van der Waals surface area contributed by atoms with Crippen molar-refractivity contribution in [2.45, 2.75) is 39.2 Å². The monoisotopic (exact) mass is 388 g/mol. The normalized spacial score (nSPS) is 15.1. The summed E-state index contributed by atoms with van der Waals surface area (Å²) in [5.41, 5.74) is 0. The van der Waals surface area contributed by atoms with Gasteiger partial charge in [-0.1, -0.05) is 0 Å². The number of allylic oxidation sites excluding steroid dienone is 2. The summed E-state index contributed by atoms with van der Waals surface area (Å²) in [5, 5.41) is 5.86. The Bertz CT molecular complexity index is 833. The predicted octanol–water partition coefficient (Wildman–Crippen LogP) is 5.53. The average Bonchev–Trinajstić information content (AvgIpc) is 3.19. The maximum atomic E-state index is 6.41. The summed E-state index contributed by atoms with van der Waals surface area (Å²) < 4.78 is 6.41. The first-order chi connectivity index (χ1) is 13.7. The SMILES string of the molecule is CC(C)OC1=C([PH](c2ccccc2)(c2ccccc2)c2ccccc2)CCC1. The second-order valence-electron chi connectivity index (χ2n) is 7.77. The van der Waals surface area contributed by atoms with E-state index in [1.54, 1.807) is 5.31 Å². The Hall–Kier alpha value is -2.37. The molecule has 0 spiro atoms. The molecule has 2 heteroatoms. The minimum atomic E-state index is -2.37. The van der Waals surface area contributed by atoms with Crippen LogP contribution in [0.1, 0.15) is 33.1 Å². The van der Waals surface area contributed by atoms with Crippen molar-refractivity contribution in [1.29, 1.82) is 0 Å². The summed E-state index contributed by atoms with van der Waals surface area (Å²) in [6.07, 6.45) is 3.55. The number of ether oxygens (including phenoxy) is 1. The fraction of sp³-hybridized carbons (Fsp3) is 0.231. The van der Waals surface area contributed by atoms with Crippen LogP contribution in [0.25, 0.3) is 0 Å². The van der Waals surface area contributed by atoms with Gasteiger partial charge >= 0.3 is 169 Å². The summed E-state index contributed by atoms with van der Waals surface area (Å²) in [6, 6.07) is 33.4. The zero-order valence-electron chi connectivity index (χ0n) is 16.8. The molecule has 0 saturated carbocycles. The van der Waals surface area contributed by atoms with Crippen molar-refractivity contribution in [2.24, 2.45) is 0 Å². The van der Waals surface area contributed by atoms with E-state index in [1.165, 1.54) is 28.1 Å². The molecule has 0 unspecified atom stereocenters. The van der Waals surface area contributed by atoms with Crippen LogP contribution in [0.3, 0.4) is 0 Å². The van der Waals surface area contributed by atoms with Crippen molar-refractivity contribution in [3.63, 3.8) is 0 Å². The fourth-order valence-electron chi connectivity index (χ4n) is 4.61. The summed E-state index contributed by atoms with van der Waals surface area (Å²) in [6.45, 7) is 4.28. The van der Waals surface area contributed by atoms with Gasteiger partial charge in [0, 0.05) is 0 Å². The van der Waals surface area contributed by atoms with Gasteiger partial charge in [-0.05, 0) is 0 Å². The summed E-state index contributed by atoms with van der Waals surface area (Å²) in [5.74, 6) is 1.23. The zero-order chi connectivity index (χ0) is 19.4. The Kier molecular flexibility index (Phi) is 5.64. The zero-order valence-corrected chi connectivity index (χ0v) is 17.8. The van der Waals surface area contributed by atoms with E-state index in [1.807, 2.05) is 0 Å². The molecule has 0 aliphatic heterocycles. The second-order valence-corrected chi connectivity index (χ2v) is 11.6. The van der Waals surface area contributed by atoms with Crippen LogP contribution in [0.5, 0.6) is 0 Å². The molecule has 1 aliphatic rings. The maximum absolute atomic E-state index is 6.41. The van der Waals surface area contributed by atoms with Gasteiger partial charge in [-0.15, -0.1) is 0 Å². The van der Waals surface area contributed by atoms with Crippen molar-refractivity contribution >= 4 is 23.2 Å². The minimum absolute atomic E-state index is 0.206. The average molecular weight is 388 g/mol. The Morgan fingerprint density at radius 2 is 1.07 bits per heavy atom. The first kappa shape index (κ1) is 19.0. The molecule has 3 aromatic carbocycles. The van der Waals surface area contributed by atoms with E-state index in [9.17, 15) is 0 Å². The number of rotatable bonds is 6. The molecule has 0 N–H and O–H groups in total. The van der Waals surface area contributed by atoms with Gasteiger partial charge in [-0.2, -0.15) is 0 Å². The molecule has 0 aromatic heterocycles. The molecule has 0 atom stereocenters. The molecule has 0 radical (unpaired) electrons. The van der Waals surface area contributed by atoms with E-state index in [0.29, 0.717) is 0 Å². The van der Waals surface area contributed by atoms with Crippen molar-refractivity contribution in [2.75, 3.05) is 0 Å². The molecule has 1 nitrogen and oxygen atoms in total. The number of hydrogen-bond donors (Lipinski definition) is 0. The Morgan fingerprint density at radius 1 is 0.643 bits per heavy atom. The van der Waals surface area contributed by atoms with Gasteiger partial charge in [-0.25, -0.2) is 0 Å². The molecule has 0 fully saturated rings. The van der Waals surface area contributed by atoms with Gasteiger partial charge < -0.3 is 0 Å². The topological polar surface area (TPSA) is 9.23 Å². The molecule has 0 bridgehead atoms. The molecule has 0 saturated heterocycles. The number of benzene rings is 3. The van der Waals surface area contributed by atoms with Crippen LogP contribution in [-0.2, 0) is 4.74 Å². The van der Waals surface area contributed by atoms with Crippen LogP contribution in [0.2, 0.25) is 0 Å². The molecule has 1 aliphatic carbocycles. The van der Waals surface area contributed by atoms with Gasteiger partial charge in [0.25, 0.3) is 0 Å². The molecular weight excluding hydrogens is 359 g/mol. The third-order valence-electron chi connectivity index (χ3n) is 5.62. The van der Waals surface area contributed by atoms with Crippen LogP contribution < -0.4 is 15.9 Å². The van der Waals surface area contributed by atoms with E-state index in [4.69, 9.17) is 4.74 Å². The third kappa shape index (κ3) is 3.40. The molecule has 0 heterocycles. The summed E-state index contributed by atoms with van der Waals surface area (Å²) in [7, 11) is -2.37. The van der Waals surface area contributed by atoms with Gasteiger partial charge in [0.05, 0.1) is 0 Å². The van der Waals surface area contributed by atoms with Crippen LogP contribution in [0.4, 0.5) is 0 Å². The van der Waals surface area contributed by atoms with Crippen molar-refractivity contribution in [3.8, 4) is 0 Å². The molecule has 144 valence electrons. The van der Waals surface area contributed by atoms with E-state index in [-0.39, 0.29) is 6.10 Å². The molecular formula is C26H29OP. The summed E-state index contributed by atoms with van der Waals surface area (Å²) in [4.78, 5) is 0. The van der Waals surface area contributed by atoms with Crippen LogP contribution in [0.15, 0.2) is 102 Å². The molecule has 28 heavy (non-hydrogen) atoms. The van der Waals surface area contributed by atoms with Crippen LogP contribution in [-0.4, -0.2) is 6.10 Å². The second kappa shape index (κ2) is 8.33. The van der Waals surface area contributed by atoms with Crippen molar-refractivity contribution in [1.82, 2.24) is 0 Å². The van der Waals surface area contributed by atoms with E-state index in [0.717, 1.165) is 12.8 Å². The van der Waals surface area contributed by atoms with Crippen molar-refractivity contribution < 1.29 is 4.74 Å². The standard InChI is InChI=1S/C26H29OP/c1-21(2)27-25-19-12-20-26(25)28(22-13-6-3-7-14-22,23-15-8-4-9-16-23)24-17-10-5-11-18-24/h3-11,13-18,21,28H,12,19-20H2,1-2H3. The van der Waals surface area contributed by atoms with E-state index in [2.05, 4.69) is 105 Å². The Morgan fingerprint density at radius 3 is 1.46 bits per heavy atom. The van der Waals surface area contributed by atoms with Gasteiger partial charge in [0.15, 0.2) is 0 Å². The molecule has 4 rings (SSSR count). The number of hydrogen-bond acceptors (Lipinski definition) is 1. The third-order valence-corrected chi connectivity index (χ3v) is 10.7. The van der Waals surface area contributed by atoms with E-state index < -0.39 is 7.26 Å². The first-order valence-corrected chi connectivity index (χ1v) is 12.3. The quantitative estimate of drug-likeness (QED) is 0.504. The first-order valence-electron chi connectivity index (χ1n) is 10.3. The molecule has 3 aromatic rings.